The zero-order chi connectivity index (χ0) is 15.8. The molecule has 1 aromatic heterocycles. The molecule has 0 aliphatic rings. The van der Waals surface area contributed by atoms with Gasteiger partial charge in [-0.3, -0.25) is 4.79 Å². The standard InChI is InChI=1S/C15H18FN3O2S.ClH/c16-11-2-4-12(5-3-11)21-9-1-8-18-15(20)13-10-22-14(19-13)6-7-17;/h2-5,10H,1,6-9,17H2,(H,18,20);1H. The summed E-state index contributed by atoms with van der Waals surface area (Å²) in [5, 5.41) is 5.38. The molecule has 2 aromatic rings. The van der Waals surface area contributed by atoms with Crippen LogP contribution >= 0.6 is 23.7 Å². The van der Waals surface area contributed by atoms with Crippen LogP contribution in [0.2, 0.25) is 0 Å². The molecule has 0 radical (unpaired) electrons. The summed E-state index contributed by atoms with van der Waals surface area (Å²) in [6.07, 6.45) is 1.34. The van der Waals surface area contributed by atoms with Crippen molar-refractivity contribution in [3.05, 3.63) is 46.2 Å². The van der Waals surface area contributed by atoms with Gasteiger partial charge in [-0.1, -0.05) is 0 Å². The number of aromatic nitrogens is 1. The Kier molecular flexibility index (Phi) is 8.53. The van der Waals surface area contributed by atoms with Crippen LogP contribution in [0.4, 0.5) is 4.39 Å². The zero-order valence-electron chi connectivity index (χ0n) is 12.5. The lowest BCUT2D eigenvalue weighted by molar-refractivity contribution is 0.0947. The highest BCUT2D eigenvalue weighted by Crippen LogP contribution is 2.11. The van der Waals surface area contributed by atoms with Crippen LogP contribution in [0.15, 0.2) is 29.6 Å². The van der Waals surface area contributed by atoms with Gasteiger partial charge in [0.15, 0.2) is 0 Å². The molecule has 0 aliphatic heterocycles. The number of thiazole rings is 1. The second-order valence-corrected chi connectivity index (χ2v) is 5.52. The van der Waals surface area contributed by atoms with E-state index in [0.717, 1.165) is 5.01 Å². The zero-order valence-corrected chi connectivity index (χ0v) is 14.1. The van der Waals surface area contributed by atoms with Crippen molar-refractivity contribution >= 4 is 29.7 Å². The van der Waals surface area contributed by atoms with Crippen molar-refractivity contribution in [2.45, 2.75) is 12.8 Å². The number of ether oxygens (including phenoxy) is 1. The molecule has 0 spiro atoms. The Hall–Kier alpha value is -1.70. The minimum absolute atomic E-state index is 0. The molecule has 23 heavy (non-hydrogen) atoms. The fraction of sp³-hybridized carbons (Fsp3) is 0.333. The van der Waals surface area contributed by atoms with Gasteiger partial charge in [0.25, 0.3) is 5.91 Å². The van der Waals surface area contributed by atoms with Crippen LogP contribution in [-0.2, 0) is 6.42 Å². The normalized spacial score (nSPS) is 10.0. The molecule has 0 atom stereocenters. The van der Waals surface area contributed by atoms with Crippen LogP contribution in [0.3, 0.4) is 0 Å². The number of amides is 1. The third kappa shape index (κ3) is 6.52. The van der Waals surface area contributed by atoms with E-state index in [4.69, 9.17) is 10.5 Å². The number of hydrogen-bond acceptors (Lipinski definition) is 5. The van der Waals surface area contributed by atoms with Gasteiger partial charge in [-0.25, -0.2) is 9.37 Å². The van der Waals surface area contributed by atoms with E-state index in [1.807, 2.05) is 0 Å². The molecule has 3 N–H and O–H groups in total. The number of nitrogens with one attached hydrogen (secondary N) is 1. The van der Waals surface area contributed by atoms with Crippen molar-refractivity contribution in [1.29, 1.82) is 0 Å². The molecule has 0 fully saturated rings. The Morgan fingerprint density at radius 1 is 1.35 bits per heavy atom. The Bertz CT molecular complexity index is 607. The summed E-state index contributed by atoms with van der Waals surface area (Å²) in [5.74, 6) is 0.122. The van der Waals surface area contributed by atoms with Crippen LogP contribution in [-0.4, -0.2) is 30.6 Å². The molecule has 0 aliphatic carbocycles. The van der Waals surface area contributed by atoms with Crippen molar-refractivity contribution < 1.29 is 13.9 Å². The van der Waals surface area contributed by atoms with Crippen molar-refractivity contribution in [2.24, 2.45) is 5.73 Å². The van der Waals surface area contributed by atoms with Gasteiger partial charge < -0.3 is 15.8 Å². The third-order valence-corrected chi connectivity index (χ3v) is 3.74. The van der Waals surface area contributed by atoms with Crippen LogP contribution in [0.1, 0.15) is 21.9 Å². The molecule has 1 heterocycles. The number of nitrogens with two attached hydrogens (primary N) is 1. The van der Waals surface area contributed by atoms with Gasteiger partial charge in [0.2, 0.25) is 0 Å². The summed E-state index contributed by atoms with van der Waals surface area (Å²) in [5.41, 5.74) is 5.87. The quantitative estimate of drug-likeness (QED) is 0.709. The Morgan fingerprint density at radius 3 is 2.78 bits per heavy atom. The van der Waals surface area contributed by atoms with E-state index in [1.54, 1.807) is 17.5 Å². The molecule has 0 saturated carbocycles. The summed E-state index contributed by atoms with van der Waals surface area (Å²) in [4.78, 5) is 16.1. The first-order chi connectivity index (χ1) is 10.7. The Labute approximate surface area is 144 Å². The predicted octanol–water partition coefficient (Wildman–Crippen LogP) is 2.40. The second-order valence-electron chi connectivity index (χ2n) is 4.58. The molecule has 0 saturated heterocycles. The SMILES string of the molecule is Cl.NCCc1nc(C(=O)NCCCOc2ccc(F)cc2)cs1. The van der Waals surface area contributed by atoms with Gasteiger partial charge >= 0.3 is 0 Å². The number of halogens is 2. The lowest BCUT2D eigenvalue weighted by Crippen LogP contribution is -2.25. The predicted molar refractivity (Wildman–Crippen MR) is 91.0 cm³/mol. The van der Waals surface area contributed by atoms with E-state index in [-0.39, 0.29) is 24.1 Å². The lowest BCUT2D eigenvalue weighted by atomic mass is 10.3. The van der Waals surface area contributed by atoms with Crippen molar-refractivity contribution in [3.8, 4) is 5.75 Å². The van der Waals surface area contributed by atoms with E-state index in [1.165, 1.54) is 23.5 Å². The van der Waals surface area contributed by atoms with E-state index < -0.39 is 0 Å². The van der Waals surface area contributed by atoms with Crippen LogP contribution in [0, 0.1) is 5.82 Å². The minimum Gasteiger partial charge on any atom is -0.494 e. The Morgan fingerprint density at radius 2 is 2.09 bits per heavy atom. The first-order valence-corrected chi connectivity index (χ1v) is 7.88. The van der Waals surface area contributed by atoms with Crippen LogP contribution in [0.5, 0.6) is 5.75 Å². The molecule has 0 bridgehead atoms. The van der Waals surface area contributed by atoms with E-state index in [2.05, 4.69) is 10.3 Å². The lowest BCUT2D eigenvalue weighted by Gasteiger charge is -2.06. The highest BCUT2D eigenvalue weighted by Gasteiger charge is 2.09. The molecule has 0 unspecified atom stereocenters. The van der Waals surface area contributed by atoms with E-state index in [0.29, 0.717) is 44.0 Å². The maximum absolute atomic E-state index is 12.7. The Balaban J connectivity index is 0.00000264. The van der Waals surface area contributed by atoms with Gasteiger partial charge in [0, 0.05) is 18.3 Å². The van der Waals surface area contributed by atoms with E-state index in [9.17, 15) is 9.18 Å². The highest BCUT2D eigenvalue weighted by molar-refractivity contribution is 7.09. The van der Waals surface area contributed by atoms with Crippen molar-refractivity contribution in [3.63, 3.8) is 0 Å². The number of carbonyl (C=O) groups is 1. The third-order valence-electron chi connectivity index (χ3n) is 2.83. The molecular weight excluding hydrogens is 341 g/mol. The molecule has 126 valence electrons. The van der Waals surface area contributed by atoms with Crippen molar-refractivity contribution in [2.75, 3.05) is 19.7 Å². The minimum atomic E-state index is -0.295. The summed E-state index contributed by atoms with van der Waals surface area (Å²) in [6.45, 7) is 1.46. The van der Waals surface area contributed by atoms with Crippen LogP contribution in [0.25, 0.3) is 0 Å². The number of benzene rings is 1. The summed E-state index contributed by atoms with van der Waals surface area (Å²) in [6, 6.07) is 5.83. The van der Waals surface area contributed by atoms with Crippen molar-refractivity contribution in [1.82, 2.24) is 10.3 Å². The fourth-order valence-electron chi connectivity index (χ4n) is 1.74. The monoisotopic (exact) mass is 359 g/mol. The summed E-state index contributed by atoms with van der Waals surface area (Å²) < 4.78 is 18.2. The number of hydrogen-bond donors (Lipinski definition) is 2. The van der Waals surface area contributed by atoms with Gasteiger partial charge in [-0.2, -0.15) is 0 Å². The van der Waals surface area contributed by atoms with Gasteiger partial charge in [0.05, 0.1) is 11.6 Å². The first-order valence-electron chi connectivity index (χ1n) is 7.00. The molecule has 5 nitrogen and oxygen atoms in total. The molecule has 1 amide bonds. The van der Waals surface area contributed by atoms with Gasteiger partial charge in [0.1, 0.15) is 17.3 Å². The fourth-order valence-corrected chi connectivity index (χ4v) is 2.53. The number of carbonyl (C=O) groups excluding carboxylic acids is 1. The summed E-state index contributed by atoms with van der Waals surface area (Å²) in [7, 11) is 0. The van der Waals surface area contributed by atoms with Crippen LogP contribution < -0.4 is 15.8 Å². The van der Waals surface area contributed by atoms with Gasteiger partial charge in [-0.15, -0.1) is 23.7 Å². The first kappa shape index (κ1) is 19.3. The van der Waals surface area contributed by atoms with E-state index >= 15 is 0 Å². The largest absolute Gasteiger partial charge is 0.494 e. The number of nitrogens with zero attached hydrogens (tertiary/aromatic N) is 1. The summed E-state index contributed by atoms with van der Waals surface area (Å²) >= 11 is 1.44. The molecular formula is C15H19ClFN3O2S. The molecule has 1 aromatic carbocycles. The maximum Gasteiger partial charge on any atom is 0.270 e. The molecule has 8 heteroatoms. The topological polar surface area (TPSA) is 77.2 Å². The average molecular weight is 360 g/mol. The smallest absolute Gasteiger partial charge is 0.270 e. The highest BCUT2D eigenvalue weighted by atomic mass is 35.5. The maximum atomic E-state index is 12.7. The second kappa shape index (κ2) is 10.1. The number of rotatable bonds is 8. The molecule has 2 rings (SSSR count). The average Bonchev–Trinajstić information content (AvgIpc) is 2.98. The van der Waals surface area contributed by atoms with Gasteiger partial charge in [-0.05, 0) is 37.2 Å².